The maximum Gasteiger partial charge on any atom is 0.203 e. The summed E-state index contributed by atoms with van der Waals surface area (Å²) in [6.07, 6.45) is 0.758. The highest BCUT2D eigenvalue weighted by Crippen LogP contribution is 2.13. The van der Waals surface area contributed by atoms with Crippen LogP contribution in [0.1, 0.15) is 10.4 Å². The van der Waals surface area contributed by atoms with E-state index in [2.05, 4.69) is 0 Å². The fraction of sp³-hybridized carbons (Fsp3) is 0.118. The Morgan fingerprint density at radius 2 is 1.55 bits per heavy atom. The van der Waals surface area contributed by atoms with Crippen LogP contribution in [0.3, 0.4) is 0 Å². The number of aromatic nitrogens is 2. The van der Waals surface area contributed by atoms with E-state index in [0.717, 1.165) is 17.3 Å². The van der Waals surface area contributed by atoms with E-state index in [0.29, 0.717) is 5.56 Å². The lowest BCUT2D eigenvalue weighted by Gasteiger charge is -2.04. The SMILES string of the molecule is N=c1n(CC=O)c2ccccc2n1CC(=O)c1ccccc1. The molecular formula is C17H15N3O2. The van der Waals surface area contributed by atoms with Crippen LogP contribution in [0.15, 0.2) is 54.6 Å². The summed E-state index contributed by atoms with van der Waals surface area (Å²) in [7, 11) is 0. The number of imidazole rings is 1. The van der Waals surface area contributed by atoms with Gasteiger partial charge in [0.15, 0.2) is 5.78 Å². The molecule has 0 amide bonds. The molecule has 5 nitrogen and oxygen atoms in total. The Labute approximate surface area is 126 Å². The van der Waals surface area contributed by atoms with E-state index >= 15 is 0 Å². The number of nitrogens with zero attached hydrogens (tertiary/aromatic N) is 2. The molecule has 0 radical (unpaired) electrons. The minimum Gasteiger partial charge on any atom is -0.303 e. The molecule has 3 aromatic rings. The minimum absolute atomic E-state index is 0.0619. The van der Waals surface area contributed by atoms with Gasteiger partial charge in [0.25, 0.3) is 0 Å². The molecule has 1 heterocycles. The zero-order valence-corrected chi connectivity index (χ0v) is 11.9. The van der Waals surface area contributed by atoms with Crippen molar-refractivity contribution in [2.75, 3.05) is 0 Å². The smallest absolute Gasteiger partial charge is 0.203 e. The van der Waals surface area contributed by atoms with E-state index < -0.39 is 0 Å². The Balaban J connectivity index is 2.08. The first kappa shape index (κ1) is 14.0. The molecule has 110 valence electrons. The molecule has 22 heavy (non-hydrogen) atoms. The number of Topliss-reactive ketones (excluding diaryl/α,β-unsaturated/α-hetero) is 1. The number of para-hydroxylation sites is 2. The summed E-state index contributed by atoms with van der Waals surface area (Å²) in [5.41, 5.74) is 2.32. The summed E-state index contributed by atoms with van der Waals surface area (Å²) in [5, 5.41) is 8.25. The van der Waals surface area contributed by atoms with Crippen LogP contribution in [0.2, 0.25) is 0 Å². The second kappa shape index (κ2) is 5.81. The van der Waals surface area contributed by atoms with Crippen molar-refractivity contribution < 1.29 is 9.59 Å². The highest BCUT2D eigenvalue weighted by molar-refractivity contribution is 5.96. The van der Waals surface area contributed by atoms with Crippen LogP contribution in [0.25, 0.3) is 11.0 Å². The number of carbonyl (C=O) groups excluding carboxylic acids is 2. The van der Waals surface area contributed by atoms with Gasteiger partial charge in [-0.3, -0.25) is 10.2 Å². The molecule has 0 aliphatic rings. The number of benzene rings is 2. The number of rotatable bonds is 5. The van der Waals surface area contributed by atoms with Gasteiger partial charge in [-0.15, -0.1) is 0 Å². The van der Waals surface area contributed by atoms with Gasteiger partial charge in [0.1, 0.15) is 6.29 Å². The van der Waals surface area contributed by atoms with Gasteiger partial charge >= 0.3 is 0 Å². The number of hydrogen-bond donors (Lipinski definition) is 1. The number of fused-ring (bicyclic) bond motifs is 1. The zero-order chi connectivity index (χ0) is 15.5. The highest BCUT2D eigenvalue weighted by Gasteiger charge is 2.13. The predicted octanol–water partition coefficient (Wildman–Crippen LogP) is 2.00. The van der Waals surface area contributed by atoms with Gasteiger partial charge < -0.3 is 13.9 Å². The highest BCUT2D eigenvalue weighted by atomic mass is 16.1. The quantitative estimate of drug-likeness (QED) is 0.577. The minimum atomic E-state index is -0.0619. The number of hydrogen-bond acceptors (Lipinski definition) is 3. The van der Waals surface area contributed by atoms with Crippen molar-refractivity contribution in [1.82, 2.24) is 9.13 Å². The second-order valence-corrected chi connectivity index (χ2v) is 4.96. The molecule has 0 aliphatic carbocycles. The van der Waals surface area contributed by atoms with Gasteiger partial charge in [0, 0.05) is 5.56 Å². The van der Waals surface area contributed by atoms with Crippen molar-refractivity contribution in [2.45, 2.75) is 13.1 Å². The summed E-state index contributed by atoms with van der Waals surface area (Å²) < 4.78 is 3.23. The number of nitrogens with one attached hydrogen (secondary N) is 1. The normalized spacial score (nSPS) is 10.7. The first-order valence-electron chi connectivity index (χ1n) is 6.97. The molecule has 0 bridgehead atoms. The van der Waals surface area contributed by atoms with Crippen LogP contribution in [-0.4, -0.2) is 21.2 Å². The van der Waals surface area contributed by atoms with Crippen molar-refractivity contribution in [3.63, 3.8) is 0 Å². The third kappa shape index (κ3) is 2.37. The molecule has 0 fully saturated rings. The average molecular weight is 293 g/mol. The average Bonchev–Trinajstić information content (AvgIpc) is 2.82. The first-order valence-corrected chi connectivity index (χ1v) is 6.97. The molecule has 0 saturated carbocycles. The van der Waals surface area contributed by atoms with E-state index in [-0.39, 0.29) is 24.5 Å². The summed E-state index contributed by atoms with van der Waals surface area (Å²) >= 11 is 0. The molecular weight excluding hydrogens is 278 g/mol. The van der Waals surface area contributed by atoms with Gasteiger partial charge in [0.2, 0.25) is 5.62 Å². The van der Waals surface area contributed by atoms with Crippen molar-refractivity contribution in [3.05, 3.63) is 65.8 Å². The fourth-order valence-electron chi connectivity index (χ4n) is 2.57. The van der Waals surface area contributed by atoms with Crippen LogP contribution in [0, 0.1) is 5.41 Å². The fourth-order valence-corrected chi connectivity index (χ4v) is 2.57. The summed E-state index contributed by atoms with van der Waals surface area (Å²) in [5.74, 6) is -0.0619. The number of carbonyl (C=O) groups is 2. The molecule has 2 aromatic carbocycles. The van der Waals surface area contributed by atoms with Crippen LogP contribution in [0.5, 0.6) is 0 Å². The van der Waals surface area contributed by atoms with Crippen molar-refractivity contribution in [2.24, 2.45) is 0 Å². The largest absolute Gasteiger partial charge is 0.303 e. The van der Waals surface area contributed by atoms with Gasteiger partial charge in [-0.1, -0.05) is 42.5 Å². The van der Waals surface area contributed by atoms with E-state index in [1.165, 1.54) is 0 Å². The zero-order valence-electron chi connectivity index (χ0n) is 11.9. The lowest BCUT2D eigenvalue weighted by atomic mass is 10.1. The predicted molar refractivity (Wildman–Crippen MR) is 82.6 cm³/mol. The summed E-state index contributed by atoms with van der Waals surface area (Å²) in [6.45, 7) is 0.182. The second-order valence-electron chi connectivity index (χ2n) is 4.96. The summed E-state index contributed by atoms with van der Waals surface area (Å²) in [6, 6.07) is 16.4. The van der Waals surface area contributed by atoms with E-state index in [1.807, 2.05) is 42.5 Å². The Kier molecular flexibility index (Phi) is 3.70. The third-order valence-corrected chi connectivity index (χ3v) is 3.63. The topological polar surface area (TPSA) is 67.8 Å². The van der Waals surface area contributed by atoms with E-state index in [1.54, 1.807) is 21.3 Å². The van der Waals surface area contributed by atoms with Gasteiger partial charge in [0.05, 0.1) is 24.1 Å². The van der Waals surface area contributed by atoms with Crippen molar-refractivity contribution in [3.8, 4) is 0 Å². The molecule has 0 unspecified atom stereocenters. The van der Waals surface area contributed by atoms with Crippen LogP contribution < -0.4 is 5.62 Å². The molecule has 1 aromatic heterocycles. The van der Waals surface area contributed by atoms with Gasteiger partial charge in [-0.05, 0) is 12.1 Å². The third-order valence-electron chi connectivity index (χ3n) is 3.63. The maximum absolute atomic E-state index is 12.4. The molecule has 0 spiro atoms. The van der Waals surface area contributed by atoms with Crippen LogP contribution in [0.4, 0.5) is 0 Å². The Morgan fingerprint density at radius 1 is 0.955 bits per heavy atom. The standard InChI is InChI=1S/C17H15N3O2/c18-17-19(10-11-21)14-8-4-5-9-15(14)20(17)12-16(22)13-6-2-1-3-7-13/h1-9,11,18H,10,12H2. The molecule has 0 saturated heterocycles. The number of ketones is 1. The Hall–Kier alpha value is -2.95. The van der Waals surface area contributed by atoms with Gasteiger partial charge in [-0.25, -0.2) is 0 Å². The van der Waals surface area contributed by atoms with Crippen LogP contribution >= 0.6 is 0 Å². The Bertz CT molecular complexity index is 891. The maximum atomic E-state index is 12.4. The molecule has 0 aliphatic heterocycles. The lowest BCUT2D eigenvalue weighted by Crippen LogP contribution is -2.27. The summed E-state index contributed by atoms with van der Waals surface area (Å²) in [4.78, 5) is 23.2. The number of aldehydes is 1. The van der Waals surface area contributed by atoms with Crippen molar-refractivity contribution in [1.29, 1.82) is 5.41 Å². The van der Waals surface area contributed by atoms with Crippen LogP contribution in [-0.2, 0) is 17.9 Å². The van der Waals surface area contributed by atoms with Gasteiger partial charge in [-0.2, -0.15) is 0 Å². The monoisotopic (exact) mass is 293 g/mol. The van der Waals surface area contributed by atoms with Crippen molar-refractivity contribution >= 4 is 23.1 Å². The molecule has 1 N–H and O–H groups in total. The first-order chi connectivity index (χ1) is 10.7. The molecule has 3 rings (SSSR count). The molecule has 0 atom stereocenters. The Morgan fingerprint density at radius 3 is 2.18 bits per heavy atom. The van der Waals surface area contributed by atoms with E-state index in [9.17, 15) is 9.59 Å². The molecule has 5 heteroatoms. The lowest BCUT2D eigenvalue weighted by molar-refractivity contribution is -0.108. The van der Waals surface area contributed by atoms with E-state index in [4.69, 9.17) is 5.41 Å².